The van der Waals surface area contributed by atoms with Gasteiger partial charge in [-0.2, -0.15) is 0 Å². The van der Waals surface area contributed by atoms with E-state index < -0.39 is 6.29 Å². The standard InChI is InChI=1S/C13H15NO3/c1-10(15)16-13-9-12(14-17-13)8-7-11-5-3-2-4-6-11/h2-6,13H,7-9H2,1H3. The van der Waals surface area contributed by atoms with Crippen molar-refractivity contribution in [3.8, 4) is 0 Å². The quantitative estimate of drug-likeness (QED) is 0.749. The second-order valence-electron chi connectivity index (χ2n) is 3.99. The molecular formula is C13H15NO3. The molecule has 2 rings (SSSR count). The number of aryl methyl sites for hydroxylation is 1. The van der Waals surface area contributed by atoms with E-state index in [9.17, 15) is 4.79 Å². The van der Waals surface area contributed by atoms with Crippen LogP contribution in [0.4, 0.5) is 0 Å². The van der Waals surface area contributed by atoms with Crippen LogP contribution in [-0.4, -0.2) is 18.0 Å². The first-order chi connectivity index (χ1) is 8.24. The van der Waals surface area contributed by atoms with Gasteiger partial charge in [0.15, 0.2) is 0 Å². The third-order valence-electron chi connectivity index (χ3n) is 2.54. The fraction of sp³-hybridized carbons (Fsp3) is 0.385. The molecule has 0 saturated carbocycles. The van der Waals surface area contributed by atoms with Gasteiger partial charge in [-0.05, 0) is 18.4 Å². The average molecular weight is 233 g/mol. The molecule has 4 nitrogen and oxygen atoms in total. The molecule has 0 fully saturated rings. The van der Waals surface area contributed by atoms with Crippen LogP contribution in [0.1, 0.15) is 25.3 Å². The van der Waals surface area contributed by atoms with Crippen molar-refractivity contribution in [2.24, 2.45) is 5.16 Å². The van der Waals surface area contributed by atoms with Crippen molar-refractivity contribution < 1.29 is 14.4 Å². The van der Waals surface area contributed by atoms with Crippen LogP contribution < -0.4 is 0 Å². The fourth-order valence-electron chi connectivity index (χ4n) is 1.73. The molecule has 1 aromatic rings. The molecule has 17 heavy (non-hydrogen) atoms. The Morgan fingerprint density at radius 2 is 2.18 bits per heavy atom. The summed E-state index contributed by atoms with van der Waals surface area (Å²) in [7, 11) is 0. The Kier molecular flexibility index (Phi) is 3.75. The maximum atomic E-state index is 10.7. The number of carbonyl (C=O) groups excluding carboxylic acids is 1. The van der Waals surface area contributed by atoms with Gasteiger partial charge in [0.1, 0.15) is 0 Å². The van der Waals surface area contributed by atoms with Crippen molar-refractivity contribution in [1.29, 1.82) is 0 Å². The van der Waals surface area contributed by atoms with E-state index in [1.165, 1.54) is 12.5 Å². The lowest BCUT2D eigenvalue weighted by atomic mass is 10.1. The van der Waals surface area contributed by atoms with Gasteiger partial charge < -0.3 is 9.57 Å². The summed E-state index contributed by atoms with van der Waals surface area (Å²) in [6.45, 7) is 1.37. The molecule has 90 valence electrons. The molecule has 1 unspecified atom stereocenters. The van der Waals surface area contributed by atoms with Crippen LogP contribution in [-0.2, 0) is 20.8 Å². The van der Waals surface area contributed by atoms with Gasteiger partial charge in [0.2, 0.25) is 0 Å². The summed E-state index contributed by atoms with van der Waals surface area (Å²) < 4.78 is 4.92. The van der Waals surface area contributed by atoms with Crippen LogP contribution in [0, 0.1) is 0 Å². The van der Waals surface area contributed by atoms with Crippen molar-refractivity contribution in [1.82, 2.24) is 0 Å². The number of oxime groups is 1. The number of ether oxygens (including phenoxy) is 1. The summed E-state index contributed by atoms with van der Waals surface area (Å²) in [5, 5.41) is 3.92. The van der Waals surface area contributed by atoms with Gasteiger partial charge in [-0.1, -0.05) is 35.5 Å². The van der Waals surface area contributed by atoms with Gasteiger partial charge in [-0.3, -0.25) is 4.79 Å². The highest BCUT2D eigenvalue weighted by molar-refractivity contribution is 5.85. The minimum absolute atomic E-state index is 0.338. The monoisotopic (exact) mass is 233 g/mol. The molecule has 4 heteroatoms. The molecule has 0 spiro atoms. The molecular weight excluding hydrogens is 218 g/mol. The molecule has 0 amide bonds. The number of hydrogen-bond donors (Lipinski definition) is 0. The number of benzene rings is 1. The smallest absolute Gasteiger partial charge is 0.305 e. The molecule has 0 aromatic heterocycles. The summed E-state index contributed by atoms with van der Waals surface area (Å²) in [5.74, 6) is -0.338. The summed E-state index contributed by atoms with van der Waals surface area (Å²) in [5.41, 5.74) is 2.21. The van der Waals surface area contributed by atoms with Gasteiger partial charge in [-0.15, -0.1) is 0 Å². The summed E-state index contributed by atoms with van der Waals surface area (Å²) >= 11 is 0. The Morgan fingerprint density at radius 1 is 1.41 bits per heavy atom. The Hall–Kier alpha value is -1.84. The van der Waals surface area contributed by atoms with Crippen LogP contribution in [0.3, 0.4) is 0 Å². The van der Waals surface area contributed by atoms with Gasteiger partial charge in [0.05, 0.1) is 12.1 Å². The van der Waals surface area contributed by atoms with E-state index in [-0.39, 0.29) is 5.97 Å². The zero-order valence-electron chi connectivity index (χ0n) is 9.76. The van der Waals surface area contributed by atoms with Gasteiger partial charge in [0.25, 0.3) is 6.29 Å². The number of nitrogens with zero attached hydrogens (tertiary/aromatic N) is 1. The third-order valence-corrected chi connectivity index (χ3v) is 2.54. The SMILES string of the molecule is CC(=O)OC1CC(CCc2ccccc2)=NO1. The highest BCUT2D eigenvalue weighted by Crippen LogP contribution is 2.15. The minimum Gasteiger partial charge on any atom is -0.423 e. The Morgan fingerprint density at radius 3 is 2.88 bits per heavy atom. The fourth-order valence-corrected chi connectivity index (χ4v) is 1.73. The van der Waals surface area contributed by atoms with Crippen molar-refractivity contribution in [3.63, 3.8) is 0 Å². The number of carbonyl (C=O) groups is 1. The largest absolute Gasteiger partial charge is 0.423 e. The number of esters is 1. The van der Waals surface area contributed by atoms with Gasteiger partial charge >= 0.3 is 5.97 Å². The molecule has 0 N–H and O–H groups in total. The lowest BCUT2D eigenvalue weighted by Gasteiger charge is -2.06. The maximum Gasteiger partial charge on any atom is 0.305 e. The first-order valence-corrected chi connectivity index (χ1v) is 5.67. The van der Waals surface area contributed by atoms with Crippen LogP contribution in [0.2, 0.25) is 0 Å². The van der Waals surface area contributed by atoms with E-state index in [1.54, 1.807) is 0 Å². The predicted molar refractivity (Wildman–Crippen MR) is 63.5 cm³/mol. The normalized spacial score (nSPS) is 18.4. The third kappa shape index (κ3) is 3.59. The van der Waals surface area contributed by atoms with Gasteiger partial charge in [0, 0.05) is 6.92 Å². The molecule has 0 saturated heterocycles. The van der Waals surface area contributed by atoms with E-state index in [2.05, 4.69) is 17.3 Å². The average Bonchev–Trinajstić information content (AvgIpc) is 2.75. The lowest BCUT2D eigenvalue weighted by Crippen LogP contribution is -2.16. The van der Waals surface area contributed by atoms with E-state index in [1.807, 2.05) is 18.2 Å². The van der Waals surface area contributed by atoms with Gasteiger partial charge in [-0.25, -0.2) is 0 Å². The Balaban J connectivity index is 1.77. The molecule has 1 aliphatic rings. The number of hydrogen-bond acceptors (Lipinski definition) is 4. The minimum atomic E-state index is -0.529. The topological polar surface area (TPSA) is 47.9 Å². The zero-order valence-corrected chi connectivity index (χ0v) is 9.76. The van der Waals surface area contributed by atoms with E-state index in [0.29, 0.717) is 6.42 Å². The Labute approximate surface area is 100 Å². The van der Waals surface area contributed by atoms with Crippen LogP contribution >= 0.6 is 0 Å². The van der Waals surface area contributed by atoms with Crippen LogP contribution in [0.5, 0.6) is 0 Å². The zero-order chi connectivity index (χ0) is 12.1. The van der Waals surface area contributed by atoms with Crippen molar-refractivity contribution in [2.75, 3.05) is 0 Å². The van der Waals surface area contributed by atoms with Crippen molar-refractivity contribution in [3.05, 3.63) is 35.9 Å². The number of rotatable bonds is 4. The molecule has 1 atom stereocenters. The first kappa shape index (κ1) is 11.6. The van der Waals surface area contributed by atoms with Crippen LogP contribution in [0.25, 0.3) is 0 Å². The molecule has 1 aromatic carbocycles. The molecule has 0 aliphatic carbocycles. The van der Waals surface area contributed by atoms with Crippen LogP contribution in [0.15, 0.2) is 35.5 Å². The molecule has 1 heterocycles. The molecule has 0 radical (unpaired) electrons. The lowest BCUT2D eigenvalue weighted by molar-refractivity contribution is -0.170. The summed E-state index contributed by atoms with van der Waals surface area (Å²) in [4.78, 5) is 15.7. The molecule has 0 bridgehead atoms. The van der Waals surface area contributed by atoms with E-state index in [4.69, 9.17) is 9.57 Å². The summed E-state index contributed by atoms with van der Waals surface area (Å²) in [6.07, 6.45) is 1.81. The maximum absolute atomic E-state index is 10.7. The predicted octanol–water partition coefficient (Wildman–Crippen LogP) is 2.28. The summed E-state index contributed by atoms with van der Waals surface area (Å²) in [6, 6.07) is 10.2. The first-order valence-electron chi connectivity index (χ1n) is 5.67. The van der Waals surface area contributed by atoms with Crippen molar-refractivity contribution >= 4 is 11.7 Å². The molecule has 1 aliphatic heterocycles. The second kappa shape index (κ2) is 5.48. The van der Waals surface area contributed by atoms with E-state index >= 15 is 0 Å². The highest BCUT2D eigenvalue weighted by atomic mass is 16.8. The van der Waals surface area contributed by atoms with Crippen molar-refractivity contribution in [2.45, 2.75) is 32.5 Å². The second-order valence-corrected chi connectivity index (χ2v) is 3.99. The van der Waals surface area contributed by atoms with E-state index in [0.717, 1.165) is 18.6 Å². The Bertz CT molecular complexity index is 414. The highest BCUT2D eigenvalue weighted by Gasteiger charge is 2.22.